The molecule has 1 unspecified atom stereocenters. The molecule has 1 atom stereocenters. The highest BCUT2D eigenvalue weighted by molar-refractivity contribution is 6.31. The number of imide groups is 1. The molecule has 24 heavy (non-hydrogen) atoms. The zero-order chi connectivity index (χ0) is 17.3. The molecule has 3 rings (SSSR count). The van der Waals surface area contributed by atoms with Gasteiger partial charge in [-0.2, -0.15) is 0 Å². The molecular formula is C18H14ClNO4. The van der Waals surface area contributed by atoms with E-state index in [0.29, 0.717) is 16.5 Å². The van der Waals surface area contributed by atoms with Gasteiger partial charge < -0.3 is 4.84 Å². The topological polar surface area (TPSA) is 63.7 Å². The van der Waals surface area contributed by atoms with Crippen LogP contribution in [0, 0.1) is 5.92 Å². The van der Waals surface area contributed by atoms with Crippen LogP contribution in [-0.4, -0.2) is 22.8 Å². The molecule has 1 heterocycles. The standard InChI is InChI=1S/C18H14ClNO4/c1-11(10-12-6-2-5-9-15(12)19)18(23)24-20-16(21)13-7-3-4-8-14(13)17(20)22/h2-9,11H,10H2,1H3. The molecule has 0 bridgehead atoms. The Morgan fingerprint density at radius 2 is 1.58 bits per heavy atom. The Labute approximate surface area is 143 Å². The number of hydrogen-bond acceptors (Lipinski definition) is 4. The molecule has 122 valence electrons. The Morgan fingerprint density at radius 1 is 1.04 bits per heavy atom. The summed E-state index contributed by atoms with van der Waals surface area (Å²) in [5.74, 6) is -2.48. The van der Waals surface area contributed by atoms with E-state index in [1.807, 2.05) is 12.1 Å². The molecule has 0 spiro atoms. The highest BCUT2D eigenvalue weighted by Crippen LogP contribution is 2.24. The lowest BCUT2D eigenvalue weighted by atomic mass is 10.0. The molecule has 2 aromatic carbocycles. The van der Waals surface area contributed by atoms with E-state index >= 15 is 0 Å². The number of hydroxylamine groups is 2. The molecule has 2 aromatic rings. The summed E-state index contributed by atoms with van der Waals surface area (Å²) in [7, 11) is 0. The third-order valence-corrected chi connectivity index (χ3v) is 4.19. The number of halogens is 1. The molecule has 0 saturated carbocycles. The fourth-order valence-corrected chi connectivity index (χ4v) is 2.72. The zero-order valence-electron chi connectivity index (χ0n) is 12.9. The molecule has 0 aromatic heterocycles. The van der Waals surface area contributed by atoms with Crippen LogP contribution in [0.2, 0.25) is 5.02 Å². The Morgan fingerprint density at radius 3 is 2.17 bits per heavy atom. The van der Waals surface area contributed by atoms with E-state index in [2.05, 4.69) is 0 Å². The van der Waals surface area contributed by atoms with Crippen LogP contribution in [0.25, 0.3) is 0 Å². The number of amides is 2. The lowest BCUT2D eigenvalue weighted by Gasteiger charge is -2.16. The van der Waals surface area contributed by atoms with Gasteiger partial charge in [-0.1, -0.05) is 53.9 Å². The fourth-order valence-electron chi connectivity index (χ4n) is 2.51. The molecule has 0 radical (unpaired) electrons. The van der Waals surface area contributed by atoms with E-state index < -0.39 is 23.7 Å². The van der Waals surface area contributed by atoms with Crippen molar-refractivity contribution in [2.75, 3.05) is 0 Å². The minimum atomic E-state index is -0.663. The molecule has 0 saturated heterocycles. The van der Waals surface area contributed by atoms with Crippen molar-refractivity contribution in [2.24, 2.45) is 5.92 Å². The minimum absolute atomic E-state index is 0.231. The number of rotatable bonds is 4. The lowest BCUT2D eigenvalue weighted by molar-refractivity contribution is -0.173. The number of hydrogen-bond donors (Lipinski definition) is 0. The Bertz CT molecular complexity index is 798. The van der Waals surface area contributed by atoms with Crippen LogP contribution in [0.5, 0.6) is 0 Å². The number of carbonyl (C=O) groups is 3. The van der Waals surface area contributed by atoms with Gasteiger partial charge in [0.15, 0.2) is 0 Å². The van der Waals surface area contributed by atoms with Crippen molar-refractivity contribution in [3.63, 3.8) is 0 Å². The van der Waals surface area contributed by atoms with E-state index in [4.69, 9.17) is 16.4 Å². The van der Waals surface area contributed by atoms with E-state index in [-0.39, 0.29) is 11.1 Å². The number of benzene rings is 2. The first kappa shape index (κ1) is 16.2. The quantitative estimate of drug-likeness (QED) is 0.799. The summed E-state index contributed by atoms with van der Waals surface area (Å²) in [5, 5.41) is 1.08. The Hall–Kier alpha value is -2.66. The van der Waals surface area contributed by atoms with Gasteiger partial charge in [0.1, 0.15) is 0 Å². The van der Waals surface area contributed by atoms with E-state index in [1.54, 1.807) is 31.2 Å². The summed E-state index contributed by atoms with van der Waals surface area (Å²) in [6, 6.07) is 13.5. The van der Waals surface area contributed by atoms with Gasteiger partial charge in [0, 0.05) is 5.02 Å². The van der Waals surface area contributed by atoms with Crippen LogP contribution in [0.1, 0.15) is 33.2 Å². The second-order valence-electron chi connectivity index (χ2n) is 5.56. The maximum atomic E-state index is 12.2. The average Bonchev–Trinajstić information content (AvgIpc) is 2.82. The summed E-state index contributed by atoms with van der Waals surface area (Å²) in [6.07, 6.45) is 0.349. The molecule has 0 aliphatic carbocycles. The first-order valence-electron chi connectivity index (χ1n) is 7.42. The average molecular weight is 344 g/mol. The molecule has 0 N–H and O–H groups in total. The normalized spacial score (nSPS) is 14.5. The van der Waals surface area contributed by atoms with Gasteiger partial charge in [-0.05, 0) is 30.2 Å². The molecule has 2 amide bonds. The van der Waals surface area contributed by atoms with E-state index in [0.717, 1.165) is 5.56 Å². The monoisotopic (exact) mass is 343 g/mol. The first-order chi connectivity index (χ1) is 11.5. The molecule has 1 aliphatic heterocycles. The highest BCUT2D eigenvalue weighted by atomic mass is 35.5. The summed E-state index contributed by atoms with van der Waals surface area (Å²) in [5.41, 5.74) is 1.26. The number of fused-ring (bicyclic) bond motifs is 1. The van der Waals surface area contributed by atoms with Gasteiger partial charge in [-0.15, -0.1) is 0 Å². The van der Waals surface area contributed by atoms with Crippen LogP contribution >= 0.6 is 11.6 Å². The van der Waals surface area contributed by atoms with Crippen LogP contribution in [-0.2, 0) is 16.1 Å². The second kappa shape index (κ2) is 6.45. The summed E-state index contributed by atoms with van der Waals surface area (Å²) in [6.45, 7) is 1.66. The van der Waals surface area contributed by atoms with E-state index in [1.165, 1.54) is 12.1 Å². The number of nitrogens with zero attached hydrogens (tertiary/aromatic N) is 1. The minimum Gasteiger partial charge on any atom is -0.329 e. The summed E-state index contributed by atoms with van der Waals surface area (Å²) < 4.78 is 0. The SMILES string of the molecule is CC(Cc1ccccc1Cl)C(=O)ON1C(=O)c2ccccc2C1=O. The molecule has 6 heteroatoms. The van der Waals surface area contributed by atoms with Gasteiger partial charge in [-0.3, -0.25) is 9.59 Å². The van der Waals surface area contributed by atoms with Crippen molar-refractivity contribution in [2.45, 2.75) is 13.3 Å². The molecular weight excluding hydrogens is 330 g/mol. The van der Waals surface area contributed by atoms with Crippen LogP contribution in [0.15, 0.2) is 48.5 Å². The third-order valence-electron chi connectivity index (χ3n) is 3.82. The van der Waals surface area contributed by atoms with Gasteiger partial charge in [-0.25, -0.2) is 4.79 Å². The predicted octanol–water partition coefficient (Wildman–Crippen LogP) is 3.27. The van der Waals surface area contributed by atoms with Crippen molar-refractivity contribution < 1.29 is 19.2 Å². The third kappa shape index (κ3) is 2.90. The van der Waals surface area contributed by atoms with Crippen LogP contribution in [0.4, 0.5) is 0 Å². The van der Waals surface area contributed by atoms with Crippen LogP contribution < -0.4 is 0 Å². The largest absolute Gasteiger partial charge is 0.336 e. The van der Waals surface area contributed by atoms with Crippen molar-refractivity contribution in [3.05, 3.63) is 70.2 Å². The van der Waals surface area contributed by atoms with Crippen LogP contribution in [0.3, 0.4) is 0 Å². The summed E-state index contributed by atoms with van der Waals surface area (Å²) >= 11 is 6.08. The number of carbonyl (C=O) groups excluding carboxylic acids is 3. The maximum absolute atomic E-state index is 12.2. The lowest BCUT2D eigenvalue weighted by Crippen LogP contribution is -2.35. The smallest absolute Gasteiger partial charge is 0.329 e. The fraction of sp³-hybridized carbons (Fsp3) is 0.167. The molecule has 0 fully saturated rings. The zero-order valence-corrected chi connectivity index (χ0v) is 13.6. The van der Waals surface area contributed by atoms with Gasteiger partial charge in [0.25, 0.3) is 11.8 Å². The van der Waals surface area contributed by atoms with Gasteiger partial charge in [0.2, 0.25) is 0 Å². The maximum Gasteiger partial charge on any atom is 0.336 e. The van der Waals surface area contributed by atoms with Crippen molar-refractivity contribution in [1.29, 1.82) is 0 Å². The Kier molecular flexibility index (Phi) is 4.36. The predicted molar refractivity (Wildman–Crippen MR) is 87.4 cm³/mol. The Balaban J connectivity index is 1.70. The van der Waals surface area contributed by atoms with Crippen molar-refractivity contribution in [1.82, 2.24) is 5.06 Å². The first-order valence-corrected chi connectivity index (χ1v) is 7.80. The second-order valence-corrected chi connectivity index (χ2v) is 5.96. The highest BCUT2D eigenvalue weighted by Gasteiger charge is 2.39. The molecule has 1 aliphatic rings. The van der Waals surface area contributed by atoms with E-state index in [9.17, 15) is 14.4 Å². The van der Waals surface area contributed by atoms with Gasteiger partial charge in [0.05, 0.1) is 17.0 Å². The van der Waals surface area contributed by atoms with Gasteiger partial charge >= 0.3 is 5.97 Å². The summed E-state index contributed by atoms with van der Waals surface area (Å²) in [4.78, 5) is 41.7. The van der Waals surface area contributed by atoms with Crippen molar-refractivity contribution >= 4 is 29.4 Å². The molecule has 5 nitrogen and oxygen atoms in total. The van der Waals surface area contributed by atoms with Crippen molar-refractivity contribution in [3.8, 4) is 0 Å².